The molecular formula is C13H15NO2. The van der Waals surface area contributed by atoms with Crippen LogP contribution in [0.1, 0.15) is 24.9 Å². The molecule has 0 spiro atoms. The van der Waals surface area contributed by atoms with E-state index in [4.69, 9.17) is 4.74 Å². The van der Waals surface area contributed by atoms with E-state index in [9.17, 15) is 4.79 Å². The zero-order valence-electron chi connectivity index (χ0n) is 9.49. The van der Waals surface area contributed by atoms with E-state index in [0.29, 0.717) is 0 Å². The Balaban J connectivity index is 2.16. The molecule has 0 saturated carbocycles. The normalized spacial score (nSPS) is 20.0. The van der Waals surface area contributed by atoms with Crippen LogP contribution in [0.5, 0.6) is 5.75 Å². The predicted molar refractivity (Wildman–Crippen MR) is 62.3 cm³/mol. The average molecular weight is 217 g/mol. The van der Waals surface area contributed by atoms with E-state index in [0.717, 1.165) is 23.3 Å². The molecule has 1 amide bonds. The van der Waals surface area contributed by atoms with E-state index in [2.05, 4.69) is 5.32 Å². The molecular weight excluding hydrogens is 202 g/mol. The fourth-order valence-corrected chi connectivity index (χ4v) is 1.77. The van der Waals surface area contributed by atoms with E-state index in [1.54, 1.807) is 7.11 Å². The highest BCUT2D eigenvalue weighted by atomic mass is 16.5. The highest BCUT2D eigenvalue weighted by Crippen LogP contribution is 2.24. The van der Waals surface area contributed by atoms with Crippen LogP contribution in [0.2, 0.25) is 0 Å². The Morgan fingerprint density at radius 1 is 1.31 bits per heavy atom. The van der Waals surface area contributed by atoms with Crippen LogP contribution in [-0.4, -0.2) is 13.0 Å². The Labute approximate surface area is 95.1 Å². The van der Waals surface area contributed by atoms with Crippen molar-refractivity contribution in [2.75, 3.05) is 7.11 Å². The Morgan fingerprint density at radius 2 is 2.00 bits per heavy atom. The standard InChI is InChI=1S/C13H15NO2/c1-9-3-8-12(14-13(9)15)10-4-6-11(16-2)7-5-10/h3-7,12H,8H2,1-2H3,(H,14,15)/t12-/m0/s1. The molecule has 0 aliphatic carbocycles. The summed E-state index contributed by atoms with van der Waals surface area (Å²) in [6, 6.07) is 7.87. The summed E-state index contributed by atoms with van der Waals surface area (Å²) < 4.78 is 5.10. The number of amides is 1. The Hall–Kier alpha value is -1.77. The quantitative estimate of drug-likeness (QED) is 0.824. The molecule has 1 atom stereocenters. The first-order valence-corrected chi connectivity index (χ1v) is 5.32. The van der Waals surface area contributed by atoms with Crippen molar-refractivity contribution in [2.45, 2.75) is 19.4 Å². The number of ether oxygens (including phenoxy) is 1. The van der Waals surface area contributed by atoms with Gasteiger partial charge in [-0.25, -0.2) is 0 Å². The Kier molecular flexibility index (Phi) is 2.95. The molecule has 0 fully saturated rings. The third-order valence-electron chi connectivity index (χ3n) is 2.84. The van der Waals surface area contributed by atoms with Crippen LogP contribution in [0.25, 0.3) is 0 Å². The zero-order chi connectivity index (χ0) is 11.5. The van der Waals surface area contributed by atoms with Crippen LogP contribution in [0.3, 0.4) is 0 Å². The van der Waals surface area contributed by atoms with Crippen molar-refractivity contribution in [3.05, 3.63) is 41.5 Å². The topological polar surface area (TPSA) is 38.3 Å². The number of benzene rings is 1. The number of rotatable bonds is 2. The van der Waals surface area contributed by atoms with Gasteiger partial charge in [0.1, 0.15) is 5.75 Å². The van der Waals surface area contributed by atoms with Gasteiger partial charge in [-0.15, -0.1) is 0 Å². The molecule has 2 rings (SSSR count). The van der Waals surface area contributed by atoms with E-state index < -0.39 is 0 Å². The Bertz CT molecular complexity index is 420. The lowest BCUT2D eigenvalue weighted by molar-refractivity contribution is -0.118. The van der Waals surface area contributed by atoms with Gasteiger partial charge in [-0.2, -0.15) is 0 Å². The fraction of sp³-hybridized carbons (Fsp3) is 0.308. The number of carbonyl (C=O) groups excluding carboxylic acids is 1. The molecule has 0 bridgehead atoms. The van der Waals surface area contributed by atoms with Crippen molar-refractivity contribution < 1.29 is 9.53 Å². The first-order chi connectivity index (χ1) is 7.70. The minimum atomic E-state index is 0.0204. The first-order valence-electron chi connectivity index (χ1n) is 5.32. The van der Waals surface area contributed by atoms with Crippen molar-refractivity contribution in [3.8, 4) is 5.75 Å². The van der Waals surface area contributed by atoms with Crippen LogP contribution >= 0.6 is 0 Å². The summed E-state index contributed by atoms with van der Waals surface area (Å²) in [5, 5.41) is 2.97. The molecule has 0 aromatic heterocycles. The molecule has 0 unspecified atom stereocenters. The summed E-state index contributed by atoms with van der Waals surface area (Å²) in [5.74, 6) is 0.852. The van der Waals surface area contributed by atoms with Gasteiger partial charge in [0.05, 0.1) is 13.2 Å². The van der Waals surface area contributed by atoms with Gasteiger partial charge >= 0.3 is 0 Å². The average Bonchev–Trinajstić information content (AvgIpc) is 2.33. The largest absolute Gasteiger partial charge is 0.497 e. The lowest BCUT2D eigenvalue weighted by Crippen LogP contribution is -2.32. The SMILES string of the molecule is COc1ccc([C@@H]2CC=C(C)C(=O)N2)cc1. The first kappa shape index (κ1) is 10.7. The molecule has 3 nitrogen and oxygen atoms in total. The molecule has 0 radical (unpaired) electrons. The van der Waals surface area contributed by atoms with Crippen molar-refractivity contribution in [3.63, 3.8) is 0 Å². The lowest BCUT2D eigenvalue weighted by atomic mass is 9.98. The van der Waals surface area contributed by atoms with Gasteiger partial charge in [-0.05, 0) is 31.0 Å². The maximum absolute atomic E-state index is 11.5. The van der Waals surface area contributed by atoms with Crippen LogP contribution in [-0.2, 0) is 4.79 Å². The van der Waals surface area contributed by atoms with E-state index in [-0.39, 0.29) is 11.9 Å². The number of methoxy groups -OCH3 is 1. The number of hydrogen-bond donors (Lipinski definition) is 1. The summed E-state index contributed by atoms with van der Waals surface area (Å²) >= 11 is 0. The van der Waals surface area contributed by atoms with Gasteiger partial charge in [-0.1, -0.05) is 18.2 Å². The Morgan fingerprint density at radius 3 is 2.56 bits per heavy atom. The molecule has 1 N–H and O–H groups in total. The van der Waals surface area contributed by atoms with Gasteiger partial charge in [0.25, 0.3) is 0 Å². The van der Waals surface area contributed by atoms with Crippen molar-refractivity contribution >= 4 is 5.91 Å². The zero-order valence-corrected chi connectivity index (χ0v) is 9.49. The van der Waals surface area contributed by atoms with Gasteiger partial charge in [0.15, 0.2) is 0 Å². The van der Waals surface area contributed by atoms with E-state index >= 15 is 0 Å². The van der Waals surface area contributed by atoms with Crippen molar-refractivity contribution in [1.82, 2.24) is 5.32 Å². The monoisotopic (exact) mass is 217 g/mol. The second kappa shape index (κ2) is 4.39. The van der Waals surface area contributed by atoms with Crippen molar-refractivity contribution in [1.29, 1.82) is 0 Å². The molecule has 1 aromatic rings. The second-order valence-corrected chi connectivity index (χ2v) is 3.92. The van der Waals surface area contributed by atoms with E-state index in [1.807, 2.05) is 37.3 Å². The van der Waals surface area contributed by atoms with Crippen LogP contribution < -0.4 is 10.1 Å². The molecule has 1 aliphatic rings. The maximum Gasteiger partial charge on any atom is 0.247 e. The third-order valence-corrected chi connectivity index (χ3v) is 2.84. The van der Waals surface area contributed by atoms with E-state index in [1.165, 1.54) is 0 Å². The van der Waals surface area contributed by atoms with Gasteiger partial charge in [0.2, 0.25) is 5.91 Å². The van der Waals surface area contributed by atoms with Crippen LogP contribution in [0.4, 0.5) is 0 Å². The third kappa shape index (κ3) is 2.08. The minimum Gasteiger partial charge on any atom is -0.497 e. The van der Waals surface area contributed by atoms with Crippen LogP contribution in [0, 0.1) is 0 Å². The van der Waals surface area contributed by atoms with Crippen LogP contribution in [0.15, 0.2) is 35.9 Å². The van der Waals surface area contributed by atoms with Crippen molar-refractivity contribution in [2.24, 2.45) is 0 Å². The summed E-state index contributed by atoms with van der Waals surface area (Å²) in [4.78, 5) is 11.5. The molecule has 3 heteroatoms. The highest BCUT2D eigenvalue weighted by molar-refractivity contribution is 5.93. The minimum absolute atomic E-state index is 0.0204. The maximum atomic E-state index is 11.5. The molecule has 0 saturated heterocycles. The summed E-state index contributed by atoms with van der Waals surface area (Å²) in [6.07, 6.45) is 2.83. The van der Waals surface area contributed by atoms with Gasteiger partial charge < -0.3 is 10.1 Å². The number of nitrogens with one attached hydrogen (secondary N) is 1. The molecule has 84 valence electrons. The highest BCUT2D eigenvalue weighted by Gasteiger charge is 2.19. The fourth-order valence-electron chi connectivity index (χ4n) is 1.77. The summed E-state index contributed by atoms with van der Waals surface area (Å²) in [6.45, 7) is 1.83. The molecule has 16 heavy (non-hydrogen) atoms. The lowest BCUT2D eigenvalue weighted by Gasteiger charge is -2.22. The van der Waals surface area contributed by atoms with Gasteiger partial charge in [0, 0.05) is 5.57 Å². The molecule has 1 aliphatic heterocycles. The smallest absolute Gasteiger partial charge is 0.247 e. The second-order valence-electron chi connectivity index (χ2n) is 3.92. The molecule has 1 aromatic carbocycles. The predicted octanol–water partition coefficient (Wildman–Crippen LogP) is 2.20. The summed E-state index contributed by atoms with van der Waals surface area (Å²) in [7, 11) is 1.64. The van der Waals surface area contributed by atoms with Gasteiger partial charge in [-0.3, -0.25) is 4.79 Å². The number of carbonyl (C=O) groups is 1. The molecule has 1 heterocycles. The number of hydrogen-bond acceptors (Lipinski definition) is 2. The summed E-state index contributed by atoms with van der Waals surface area (Å²) in [5.41, 5.74) is 1.91.